The molecule has 5 nitrogen and oxygen atoms in total. The van der Waals surface area contributed by atoms with Gasteiger partial charge >= 0.3 is 0 Å². The average molecular weight is 315 g/mol. The van der Waals surface area contributed by atoms with Crippen LogP contribution in [0.25, 0.3) is 0 Å². The zero-order valence-electron chi connectivity index (χ0n) is 13.6. The summed E-state index contributed by atoms with van der Waals surface area (Å²) in [7, 11) is 3.19. The fourth-order valence-corrected chi connectivity index (χ4v) is 2.19. The van der Waals surface area contributed by atoms with E-state index in [1.165, 1.54) is 0 Å². The van der Waals surface area contributed by atoms with E-state index in [1.807, 2.05) is 31.2 Å². The lowest BCUT2D eigenvalue weighted by molar-refractivity contribution is 0.102. The Hall–Kier alpha value is -2.53. The molecule has 0 atom stereocenters. The summed E-state index contributed by atoms with van der Waals surface area (Å²) in [6.07, 6.45) is 0. The third-order valence-electron chi connectivity index (χ3n) is 3.22. The lowest BCUT2D eigenvalue weighted by atomic mass is 10.1. The normalized spacial score (nSPS) is 10.2. The second kappa shape index (κ2) is 8.19. The van der Waals surface area contributed by atoms with E-state index in [0.717, 1.165) is 11.3 Å². The SMILES string of the molecule is CCOc1ccc(C(=O)Nc2cccc(COC)c2)cc1OC. The monoisotopic (exact) mass is 315 g/mol. The number of benzene rings is 2. The summed E-state index contributed by atoms with van der Waals surface area (Å²) >= 11 is 0. The van der Waals surface area contributed by atoms with Crippen molar-refractivity contribution in [1.82, 2.24) is 0 Å². The molecule has 2 rings (SSSR count). The molecule has 0 unspecified atom stereocenters. The molecule has 0 aliphatic carbocycles. The van der Waals surface area contributed by atoms with E-state index in [4.69, 9.17) is 14.2 Å². The van der Waals surface area contributed by atoms with E-state index in [0.29, 0.717) is 30.3 Å². The maximum absolute atomic E-state index is 12.4. The van der Waals surface area contributed by atoms with Crippen LogP contribution < -0.4 is 14.8 Å². The Bertz CT molecular complexity index is 670. The number of carbonyl (C=O) groups is 1. The number of anilines is 1. The fraction of sp³-hybridized carbons (Fsp3) is 0.278. The third-order valence-corrected chi connectivity index (χ3v) is 3.22. The standard InChI is InChI=1S/C18H21NO4/c1-4-23-16-9-8-14(11-17(16)22-3)18(20)19-15-7-5-6-13(10-15)12-21-2/h5-11H,4,12H2,1-3H3,(H,19,20). The van der Waals surface area contributed by atoms with Crippen molar-refractivity contribution < 1.29 is 19.0 Å². The first-order chi connectivity index (χ1) is 11.2. The Kier molecular flexibility index (Phi) is 6.00. The lowest BCUT2D eigenvalue weighted by Gasteiger charge is -2.11. The van der Waals surface area contributed by atoms with Crippen LogP contribution in [0.15, 0.2) is 42.5 Å². The van der Waals surface area contributed by atoms with Gasteiger partial charge in [-0.25, -0.2) is 0 Å². The van der Waals surface area contributed by atoms with Gasteiger partial charge in [-0.2, -0.15) is 0 Å². The highest BCUT2D eigenvalue weighted by molar-refractivity contribution is 6.04. The Morgan fingerprint density at radius 1 is 1.09 bits per heavy atom. The van der Waals surface area contributed by atoms with E-state index in [1.54, 1.807) is 32.4 Å². The molecule has 122 valence electrons. The summed E-state index contributed by atoms with van der Waals surface area (Å²) in [5.74, 6) is 0.946. The van der Waals surface area contributed by atoms with Crippen molar-refractivity contribution in [2.45, 2.75) is 13.5 Å². The summed E-state index contributed by atoms with van der Waals surface area (Å²) < 4.78 is 15.8. The second-order valence-corrected chi connectivity index (χ2v) is 4.89. The number of carbonyl (C=O) groups excluding carboxylic acids is 1. The van der Waals surface area contributed by atoms with Crippen LogP contribution >= 0.6 is 0 Å². The predicted octanol–water partition coefficient (Wildman–Crippen LogP) is 3.49. The summed E-state index contributed by atoms with van der Waals surface area (Å²) in [5.41, 5.74) is 2.22. The van der Waals surface area contributed by atoms with Crippen molar-refractivity contribution in [2.75, 3.05) is 26.1 Å². The number of hydrogen-bond acceptors (Lipinski definition) is 4. The molecular weight excluding hydrogens is 294 g/mol. The summed E-state index contributed by atoms with van der Waals surface area (Å²) in [5, 5.41) is 2.87. The molecule has 0 aliphatic rings. The molecule has 1 amide bonds. The molecule has 5 heteroatoms. The summed E-state index contributed by atoms with van der Waals surface area (Å²) in [4.78, 5) is 12.4. The van der Waals surface area contributed by atoms with Crippen molar-refractivity contribution >= 4 is 11.6 Å². The van der Waals surface area contributed by atoms with Gasteiger partial charge in [-0.05, 0) is 42.8 Å². The maximum Gasteiger partial charge on any atom is 0.255 e. The molecule has 0 spiro atoms. The molecule has 2 aromatic rings. The number of hydrogen-bond donors (Lipinski definition) is 1. The first-order valence-electron chi connectivity index (χ1n) is 7.38. The first kappa shape index (κ1) is 16.8. The summed E-state index contributed by atoms with van der Waals surface area (Å²) in [6.45, 7) is 2.93. The van der Waals surface area contributed by atoms with Gasteiger partial charge in [-0.3, -0.25) is 4.79 Å². The van der Waals surface area contributed by atoms with Crippen LogP contribution in [0.1, 0.15) is 22.8 Å². The minimum atomic E-state index is -0.207. The van der Waals surface area contributed by atoms with Gasteiger partial charge in [0, 0.05) is 18.4 Å². The highest BCUT2D eigenvalue weighted by Crippen LogP contribution is 2.28. The number of amides is 1. The molecule has 0 bridgehead atoms. The Balaban J connectivity index is 2.15. The van der Waals surface area contributed by atoms with E-state index in [-0.39, 0.29) is 5.91 Å². The maximum atomic E-state index is 12.4. The van der Waals surface area contributed by atoms with Gasteiger partial charge < -0.3 is 19.5 Å². The predicted molar refractivity (Wildman–Crippen MR) is 89.3 cm³/mol. The van der Waals surface area contributed by atoms with Crippen molar-refractivity contribution in [3.05, 3.63) is 53.6 Å². The van der Waals surface area contributed by atoms with Crippen LogP contribution in [0.2, 0.25) is 0 Å². The molecule has 1 N–H and O–H groups in total. The zero-order valence-corrected chi connectivity index (χ0v) is 13.6. The van der Waals surface area contributed by atoms with Gasteiger partial charge in [-0.1, -0.05) is 12.1 Å². The van der Waals surface area contributed by atoms with Crippen LogP contribution in [-0.4, -0.2) is 26.7 Å². The van der Waals surface area contributed by atoms with Gasteiger partial charge in [0.05, 0.1) is 20.3 Å². The van der Waals surface area contributed by atoms with Crippen LogP contribution in [0.5, 0.6) is 11.5 Å². The summed E-state index contributed by atoms with van der Waals surface area (Å²) in [6, 6.07) is 12.7. The van der Waals surface area contributed by atoms with E-state index in [2.05, 4.69) is 5.32 Å². The highest BCUT2D eigenvalue weighted by Gasteiger charge is 2.11. The Labute approximate surface area is 136 Å². The molecule has 0 saturated carbocycles. The van der Waals surface area contributed by atoms with E-state index < -0.39 is 0 Å². The highest BCUT2D eigenvalue weighted by atomic mass is 16.5. The van der Waals surface area contributed by atoms with Crippen LogP contribution in [-0.2, 0) is 11.3 Å². The average Bonchev–Trinajstić information content (AvgIpc) is 2.56. The van der Waals surface area contributed by atoms with Gasteiger partial charge in [0.1, 0.15) is 0 Å². The van der Waals surface area contributed by atoms with Gasteiger partial charge in [0.25, 0.3) is 5.91 Å². The molecule has 0 aromatic heterocycles. The fourth-order valence-electron chi connectivity index (χ4n) is 2.19. The molecular formula is C18H21NO4. The van der Waals surface area contributed by atoms with Gasteiger partial charge in [0.15, 0.2) is 11.5 Å². The molecule has 0 radical (unpaired) electrons. The topological polar surface area (TPSA) is 56.8 Å². The second-order valence-electron chi connectivity index (χ2n) is 4.89. The third kappa shape index (κ3) is 4.47. The molecule has 23 heavy (non-hydrogen) atoms. The first-order valence-corrected chi connectivity index (χ1v) is 7.38. The van der Waals surface area contributed by atoms with E-state index in [9.17, 15) is 4.79 Å². The largest absolute Gasteiger partial charge is 0.493 e. The van der Waals surface area contributed by atoms with Crippen molar-refractivity contribution in [1.29, 1.82) is 0 Å². The number of nitrogens with one attached hydrogen (secondary N) is 1. The van der Waals surface area contributed by atoms with Crippen molar-refractivity contribution in [3.63, 3.8) is 0 Å². The molecule has 0 aliphatic heterocycles. The van der Waals surface area contributed by atoms with Crippen LogP contribution in [0.3, 0.4) is 0 Å². The van der Waals surface area contributed by atoms with E-state index >= 15 is 0 Å². The quantitative estimate of drug-likeness (QED) is 0.849. The van der Waals surface area contributed by atoms with Gasteiger partial charge in [0.2, 0.25) is 0 Å². The number of rotatable bonds is 7. The zero-order chi connectivity index (χ0) is 16.7. The minimum absolute atomic E-state index is 0.207. The van der Waals surface area contributed by atoms with Crippen LogP contribution in [0.4, 0.5) is 5.69 Å². The molecule has 0 heterocycles. The minimum Gasteiger partial charge on any atom is -0.493 e. The molecule has 0 fully saturated rings. The number of ether oxygens (including phenoxy) is 3. The van der Waals surface area contributed by atoms with Crippen molar-refractivity contribution in [2.24, 2.45) is 0 Å². The Morgan fingerprint density at radius 3 is 2.61 bits per heavy atom. The Morgan fingerprint density at radius 2 is 1.91 bits per heavy atom. The molecule has 0 saturated heterocycles. The van der Waals surface area contributed by atoms with Crippen molar-refractivity contribution in [3.8, 4) is 11.5 Å². The molecule has 2 aromatic carbocycles. The number of methoxy groups -OCH3 is 2. The lowest BCUT2D eigenvalue weighted by Crippen LogP contribution is -2.12. The van der Waals surface area contributed by atoms with Crippen LogP contribution in [0, 0.1) is 0 Å². The smallest absolute Gasteiger partial charge is 0.255 e. The van der Waals surface area contributed by atoms with Gasteiger partial charge in [-0.15, -0.1) is 0 Å².